The summed E-state index contributed by atoms with van der Waals surface area (Å²) in [5.74, 6) is 2.29. The van der Waals surface area contributed by atoms with Crippen molar-refractivity contribution >= 4 is 15.9 Å². The zero-order chi connectivity index (χ0) is 20.1. The van der Waals surface area contributed by atoms with Crippen molar-refractivity contribution in [2.24, 2.45) is 30.7 Å². The Morgan fingerprint density at radius 2 is 1.93 bits per heavy atom. The summed E-state index contributed by atoms with van der Waals surface area (Å²) in [5, 5.41) is 7.31. The molecule has 1 aliphatic heterocycles. The van der Waals surface area contributed by atoms with Crippen molar-refractivity contribution in [1.82, 2.24) is 19.4 Å². The summed E-state index contributed by atoms with van der Waals surface area (Å²) in [5.41, 5.74) is 0.638. The summed E-state index contributed by atoms with van der Waals surface area (Å²) in [4.78, 5) is 13.0. The van der Waals surface area contributed by atoms with Crippen LogP contribution in [0.4, 0.5) is 0 Å². The van der Waals surface area contributed by atoms with Gasteiger partial charge in [-0.05, 0) is 63.7 Å². The molecular formula is C20H32N4O3S. The van der Waals surface area contributed by atoms with E-state index in [1.165, 1.54) is 36.2 Å². The van der Waals surface area contributed by atoms with E-state index in [0.29, 0.717) is 37.5 Å². The van der Waals surface area contributed by atoms with Crippen LogP contribution < -0.4 is 5.32 Å². The molecule has 28 heavy (non-hydrogen) atoms. The molecule has 1 aromatic heterocycles. The Bertz CT molecular complexity index is 842. The second-order valence-corrected chi connectivity index (χ2v) is 10.9. The van der Waals surface area contributed by atoms with Crippen molar-refractivity contribution in [1.29, 1.82) is 0 Å². The predicted octanol–water partition coefficient (Wildman–Crippen LogP) is 2.07. The quantitative estimate of drug-likeness (QED) is 0.808. The zero-order valence-corrected chi connectivity index (χ0v) is 17.9. The molecule has 3 aliphatic rings. The number of nitrogens with one attached hydrogen (secondary N) is 1. The Hall–Kier alpha value is -1.41. The van der Waals surface area contributed by atoms with E-state index in [1.54, 1.807) is 18.7 Å². The summed E-state index contributed by atoms with van der Waals surface area (Å²) in [6.45, 7) is 4.68. The van der Waals surface area contributed by atoms with E-state index in [0.717, 1.165) is 11.8 Å². The van der Waals surface area contributed by atoms with Crippen LogP contribution >= 0.6 is 0 Å². The molecule has 3 fully saturated rings. The number of nitrogens with zero attached hydrogens (tertiary/aromatic N) is 3. The van der Waals surface area contributed by atoms with Gasteiger partial charge in [-0.3, -0.25) is 9.48 Å². The molecule has 1 amide bonds. The number of hydrogen-bond donors (Lipinski definition) is 1. The lowest BCUT2D eigenvalue weighted by Gasteiger charge is -2.33. The van der Waals surface area contributed by atoms with Gasteiger partial charge in [0, 0.05) is 32.1 Å². The Morgan fingerprint density at radius 3 is 2.46 bits per heavy atom. The van der Waals surface area contributed by atoms with Crippen molar-refractivity contribution in [3.63, 3.8) is 0 Å². The fourth-order valence-electron chi connectivity index (χ4n) is 5.58. The number of piperidine rings is 1. The van der Waals surface area contributed by atoms with Crippen LogP contribution in [0.1, 0.15) is 51.1 Å². The van der Waals surface area contributed by atoms with Gasteiger partial charge in [0.2, 0.25) is 15.9 Å². The van der Waals surface area contributed by atoms with Gasteiger partial charge >= 0.3 is 0 Å². The third kappa shape index (κ3) is 3.49. The molecule has 1 N–H and O–H groups in total. The summed E-state index contributed by atoms with van der Waals surface area (Å²) in [6.07, 6.45) is 7.86. The van der Waals surface area contributed by atoms with Gasteiger partial charge in [0.25, 0.3) is 0 Å². The molecule has 4 rings (SSSR count). The number of amides is 1. The molecule has 0 aromatic carbocycles. The third-order valence-corrected chi connectivity index (χ3v) is 9.44. The monoisotopic (exact) mass is 408 g/mol. The highest BCUT2D eigenvalue weighted by molar-refractivity contribution is 7.89. The van der Waals surface area contributed by atoms with Gasteiger partial charge in [0.15, 0.2) is 0 Å². The van der Waals surface area contributed by atoms with E-state index in [4.69, 9.17) is 0 Å². The van der Waals surface area contributed by atoms with Crippen LogP contribution in [0.25, 0.3) is 0 Å². The van der Waals surface area contributed by atoms with Crippen molar-refractivity contribution < 1.29 is 13.2 Å². The number of carbonyl (C=O) groups excluding carboxylic acids is 1. The number of carbonyl (C=O) groups is 1. The third-order valence-electron chi connectivity index (χ3n) is 7.44. The SMILES string of the molecule is Cc1c(S(=O)(=O)N2CCC(C(=O)NC(C)C3CC4CCC3C4)CC2)cnn1C. The van der Waals surface area contributed by atoms with Gasteiger partial charge in [0.05, 0.1) is 11.9 Å². The number of aryl methyl sites for hydroxylation is 1. The molecule has 2 saturated carbocycles. The van der Waals surface area contributed by atoms with E-state index in [9.17, 15) is 13.2 Å². The molecule has 8 heteroatoms. The molecule has 4 atom stereocenters. The van der Waals surface area contributed by atoms with Crippen LogP contribution in [0.2, 0.25) is 0 Å². The molecule has 2 heterocycles. The minimum absolute atomic E-state index is 0.0949. The maximum Gasteiger partial charge on any atom is 0.246 e. The Morgan fingerprint density at radius 1 is 1.21 bits per heavy atom. The van der Waals surface area contributed by atoms with Crippen LogP contribution in [0.15, 0.2) is 11.1 Å². The first kappa shape index (κ1) is 19.9. The standard InChI is InChI=1S/C20H32N4O3S/c1-13(18-11-15-4-5-17(18)10-15)22-20(25)16-6-8-24(9-7-16)28(26,27)19-12-21-23(3)14(19)2/h12-13,15-18H,4-11H2,1-3H3,(H,22,25). The first-order chi connectivity index (χ1) is 13.3. The molecule has 0 radical (unpaired) electrons. The van der Waals surface area contributed by atoms with Gasteiger partial charge in [-0.15, -0.1) is 0 Å². The minimum Gasteiger partial charge on any atom is -0.353 e. The highest BCUT2D eigenvalue weighted by Crippen LogP contribution is 2.49. The van der Waals surface area contributed by atoms with Crippen LogP contribution in [0.5, 0.6) is 0 Å². The molecule has 1 saturated heterocycles. The lowest BCUT2D eigenvalue weighted by molar-refractivity contribution is -0.127. The second-order valence-electron chi connectivity index (χ2n) is 9.03. The topological polar surface area (TPSA) is 84.3 Å². The van der Waals surface area contributed by atoms with Crippen molar-refractivity contribution in [3.8, 4) is 0 Å². The van der Waals surface area contributed by atoms with Crippen molar-refractivity contribution in [2.45, 2.75) is 63.3 Å². The maximum absolute atomic E-state index is 12.9. The normalized spacial score (nSPS) is 29.9. The molecule has 2 aliphatic carbocycles. The lowest BCUT2D eigenvalue weighted by atomic mass is 9.83. The number of hydrogen-bond acceptors (Lipinski definition) is 4. The average molecular weight is 409 g/mol. The molecule has 4 unspecified atom stereocenters. The van der Waals surface area contributed by atoms with E-state index in [1.807, 2.05) is 0 Å². The Labute approximate surface area is 167 Å². The summed E-state index contributed by atoms with van der Waals surface area (Å²) in [7, 11) is -1.81. The van der Waals surface area contributed by atoms with Crippen molar-refractivity contribution in [2.75, 3.05) is 13.1 Å². The van der Waals surface area contributed by atoms with E-state index < -0.39 is 10.0 Å². The zero-order valence-electron chi connectivity index (χ0n) is 17.1. The molecule has 1 aromatic rings. The first-order valence-corrected chi connectivity index (χ1v) is 12.0. The highest BCUT2D eigenvalue weighted by atomic mass is 32.2. The first-order valence-electron chi connectivity index (χ1n) is 10.6. The fourth-order valence-corrected chi connectivity index (χ4v) is 7.24. The molecule has 2 bridgehead atoms. The van der Waals surface area contributed by atoms with Gasteiger partial charge in [-0.2, -0.15) is 9.40 Å². The van der Waals surface area contributed by atoms with Crippen LogP contribution in [-0.4, -0.2) is 47.5 Å². The summed E-state index contributed by atoms with van der Waals surface area (Å²) in [6, 6.07) is 0.225. The average Bonchev–Trinajstić information content (AvgIpc) is 3.39. The largest absolute Gasteiger partial charge is 0.353 e. The second kappa shape index (κ2) is 7.44. The van der Waals surface area contributed by atoms with Crippen LogP contribution in [0.3, 0.4) is 0 Å². The van der Waals surface area contributed by atoms with Crippen LogP contribution in [-0.2, 0) is 21.9 Å². The highest BCUT2D eigenvalue weighted by Gasteiger charge is 2.42. The Kier molecular flexibility index (Phi) is 5.29. The smallest absolute Gasteiger partial charge is 0.246 e. The molecule has 0 spiro atoms. The molecule has 156 valence electrons. The van der Waals surface area contributed by atoms with Gasteiger partial charge < -0.3 is 5.32 Å². The predicted molar refractivity (Wildman–Crippen MR) is 106 cm³/mol. The summed E-state index contributed by atoms with van der Waals surface area (Å²) < 4.78 is 28.9. The van der Waals surface area contributed by atoms with Crippen LogP contribution in [0, 0.1) is 30.6 Å². The van der Waals surface area contributed by atoms with Gasteiger partial charge in [-0.25, -0.2) is 8.42 Å². The minimum atomic E-state index is -3.54. The number of aromatic nitrogens is 2. The van der Waals surface area contributed by atoms with E-state index >= 15 is 0 Å². The summed E-state index contributed by atoms with van der Waals surface area (Å²) >= 11 is 0. The number of fused-ring (bicyclic) bond motifs is 2. The number of rotatable bonds is 5. The maximum atomic E-state index is 12.9. The molecule has 7 nitrogen and oxygen atoms in total. The fraction of sp³-hybridized carbons (Fsp3) is 0.800. The molecular weight excluding hydrogens is 376 g/mol. The Balaban J connectivity index is 1.32. The lowest BCUT2D eigenvalue weighted by Crippen LogP contribution is -2.47. The van der Waals surface area contributed by atoms with Gasteiger partial charge in [0.1, 0.15) is 4.90 Å². The van der Waals surface area contributed by atoms with Gasteiger partial charge in [-0.1, -0.05) is 6.42 Å². The van der Waals surface area contributed by atoms with E-state index in [2.05, 4.69) is 17.3 Å². The number of sulfonamides is 1. The van der Waals surface area contributed by atoms with Crippen molar-refractivity contribution in [3.05, 3.63) is 11.9 Å². The van der Waals surface area contributed by atoms with E-state index in [-0.39, 0.29) is 22.8 Å².